The number of hydrogen-bond donors (Lipinski definition) is 3. The van der Waals surface area contributed by atoms with Gasteiger partial charge in [-0.05, 0) is 110 Å². The summed E-state index contributed by atoms with van der Waals surface area (Å²) in [6.45, 7) is 6.91. The smallest absolute Gasteiger partial charge is 0.350 e. The molecule has 214 valence electrons. The highest BCUT2D eigenvalue weighted by Crippen LogP contribution is 2.68. The van der Waals surface area contributed by atoms with Crippen LogP contribution in [0.2, 0.25) is 0 Å². The maximum absolute atomic E-state index is 12.7. The lowest BCUT2D eigenvalue weighted by atomic mass is 9.43. The third kappa shape index (κ3) is 4.17. The first-order valence-electron chi connectivity index (χ1n) is 15.1. The van der Waals surface area contributed by atoms with Crippen LogP contribution in [0.4, 0.5) is 0 Å². The topological polar surface area (TPSA) is 113 Å². The van der Waals surface area contributed by atoms with E-state index in [1.54, 1.807) is 6.07 Å². The van der Waals surface area contributed by atoms with E-state index in [1.807, 2.05) is 12.1 Å². The minimum Gasteiger partial charge on any atom is -0.496 e. The normalized spacial score (nSPS) is 42.4. The molecule has 0 aliphatic heterocycles. The number of ether oxygens (including phenoxy) is 1. The third-order valence-electron chi connectivity index (χ3n) is 12.2. The summed E-state index contributed by atoms with van der Waals surface area (Å²) in [5.74, 6) is 2.69. The van der Waals surface area contributed by atoms with Gasteiger partial charge >= 0.3 is 5.63 Å². The molecule has 0 radical (unpaired) electrons. The van der Waals surface area contributed by atoms with E-state index < -0.39 is 11.7 Å². The van der Waals surface area contributed by atoms with Gasteiger partial charge in [-0.3, -0.25) is 0 Å². The number of hydrogen-bond acceptors (Lipinski definition) is 7. The van der Waals surface area contributed by atoms with Gasteiger partial charge < -0.3 is 24.5 Å². The van der Waals surface area contributed by atoms with Crippen LogP contribution in [0.25, 0.3) is 10.9 Å². The van der Waals surface area contributed by atoms with Crippen LogP contribution >= 0.6 is 0 Å². The van der Waals surface area contributed by atoms with Gasteiger partial charge in [0.2, 0.25) is 0 Å². The second-order valence-electron chi connectivity index (χ2n) is 13.8. The van der Waals surface area contributed by atoms with Crippen molar-refractivity contribution in [2.24, 2.45) is 46.3 Å². The fourth-order valence-electron chi connectivity index (χ4n) is 10.1. The molecule has 7 heteroatoms. The van der Waals surface area contributed by atoms with E-state index in [9.17, 15) is 20.1 Å². The number of methoxy groups -OCH3 is 1. The van der Waals surface area contributed by atoms with Crippen molar-refractivity contribution in [1.82, 2.24) is 4.98 Å². The summed E-state index contributed by atoms with van der Waals surface area (Å²) < 4.78 is 10.9. The van der Waals surface area contributed by atoms with E-state index in [2.05, 4.69) is 25.8 Å². The maximum Gasteiger partial charge on any atom is 0.350 e. The summed E-state index contributed by atoms with van der Waals surface area (Å²) in [5.41, 5.74) is -0.000545. The molecule has 4 aliphatic rings. The zero-order valence-electron chi connectivity index (χ0n) is 23.8. The van der Waals surface area contributed by atoms with Gasteiger partial charge in [0.05, 0.1) is 30.9 Å². The van der Waals surface area contributed by atoms with E-state index in [0.29, 0.717) is 58.6 Å². The summed E-state index contributed by atoms with van der Waals surface area (Å²) in [7, 11) is 1.53. The van der Waals surface area contributed by atoms with Gasteiger partial charge in [0.1, 0.15) is 11.1 Å². The van der Waals surface area contributed by atoms with Crippen LogP contribution in [0.3, 0.4) is 0 Å². The van der Waals surface area contributed by atoms with E-state index in [4.69, 9.17) is 9.15 Å². The van der Waals surface area contributed by atoms with Crippen molar-refractivity contribution in [1.29, 1.82) is 0 Å². The molecule has 0 saturated heterocycles. The lowest BCUT2D eigenvalue weighted by molar-refractivity contribution is -0.207. The molecule has 0 amide bonds. The molecule has 0 spiro atoms. The number of rotatable bonds is 5. The van der Waals surface area contributed by atoms with Gasteiger partial charge in [-0.25, -0.2) is 9.78 Å². The van der Waals surface area contributed by atoms with Crippen LogP contribution in [0, 0.1) is 46.3 Å². The average molecular weight is 540 g/mol. The predicted octanol–water partition coefficient (Wildman–Crippen LogP) is 4.73. The van der Waals surface area contributed by atoms with Gasteiger partial charge in [0.25, 0.3) is 0 Å². The van der Waals surface area contributed by atoms with Crippen LogP contribution in [0.1, 0.15) is 78.0 Å². The number of aromatic nitrogens is 1. The highest BCUT2D eigenvalue weighted by Gasteiger charge is 2.65. The van der Waals surface area contributed by atoms with Gasteiger partial charge in [0.15, 0.2) is 5.89 Å². The molecule has 6 rings (SSSR count). The average Bonchev–Trinajstić information content (AvgIpc) is 3.27. The minimum absolute atomic E-state index is 0.0805. The number of aliphatic hydroxyl groups is 3. The highest BCUT2D eigenvalue weighted by molar-refractivity contribution is 5.83. The summed E-state index contributed by atoms with van der Waals surface area (Å²) in [6, 6.07) is 5.38. The van der Waals surface area contributed by atoms with Crippen molar-refractivity contribution >= 4 is 10.9 Å². The molecule has 3 N–H and O–H groups in total. The largest absolute Gasteiger partial charge is 0.496 e. The Kier molecular flexibility index (Phi) is 6.87. The molecule has 0 bridgehead atoms. The molecule has 7 nitrogen and oxygen atoms in total. The number of nitrogens with zero attached hydrogens (tertiary/aromatic N) is 1. The van der Waals surface area contributed by atoms with Crippen LogP contribution in [0.5, 0.6) is 5.75 Å². The molecular formula is C32H45NO6. The molecule has 1 aromatic heterocycles. The zero-order chi connectivity index (χ0) is 27.7. The fourth-order valence-corrected chi connectivity index (χ4v) is 10.1. The van der Waals surface area contributed by atoms with Crippen molar-refractivity contribution in [3.05, 3.63) is 34.5 Å². The monoisotopic (exact) mass is 539 g/mol. The van der Waals surface area contributed by atoms with Crippen LogP contribution in [-0.4, -0.2) is 45.7 Å². The summed E-state index contributed by atoms with van der Waals surface area (Å²) in [4.78, 5) is 17.3. The van der Waals surface area contributed by atoms with Crippen molar-refractivity contribution in [3.8, 4) is 5.75 Å². The Morgan fingerprint density at radius 3 is 2.67 bits per heavy atom. The molecule has 4 fully saturated rings. The van der Waals surface area contributed by atoms with Crippen LogP contribution < -0.4 is 10.4 Å². The number of benzene rings is 1. The highest BCUT2D eigenvalue weighted by atomic mass is 16.5. The SMILES string of the molecule is COc1cccc2nc(CC[C@@H](C)[C@H]3CC[C@H]4[C@H]5C(C[C@H](O)[C@]34C)[C@@]3(C)CC[C@@H](O)C[C@H]3C[C@H]5O)oc(=O)c12. The number of fused-ring (bicyclic) bond motifs is 6. The Labute approximate surface area is 231 Å². The number of aliphatic hydroxyl groups excluding tert-OH is 3. The van der Waals surface area contributed by atoms with Crippen molar-refractivity contribution in [2.75, 3.05) is 7.11 Å². The summed E-state index contributed by atoms with van der Waals surface area (Å²) >= 11 is 0. The lowest BCUT2D eigenvalue weighted by Gasteiger charge is -2.63. The van der Waals surface area contributed by atoms with Gasteiger partial charge in [0, 0.05) is 6.42 Å². The van der Waals surface area contributed by atoms with Gasteiger partial charge in [-0.2, -0.15) is 0 Å². The minimum atomic E-state index is -0.421. The van der Waals surface area contributed by atoms with Crippen molar-refractivity contribution in [3.63, 3.8) is 0 Å². The first-order valence-corrected chi connectivity index (χ1v) is 15.1. The van der Waals surface area contributed by atoms with E-state index in [-0.39, 0.29) is 29.0 Å². The molecule has 1 unspecified atom stereocenters. The van der Waals surface area contributed by atoms with Crippen LogP contribution in [0.15, 0.2) is 27.4 Å². The van der Waals surface area contributed by atoms with Gasteiger partial charge in [-0.15, -0.1) is 0 Å². The molecule has 1 heterocycles. The molecule has 39 heavy (non-hydrogen) atoms. The molecule has 11 atom stereocenters. The van der Waals surface area contributed by atoms with Crippen molar-refractivity contribution < 1.29 is 24.5 Å². The maximum atomic E-state index is 12.7. The number of aryl methyl sites for hydroxylation is 1. The van der Waals surface area contributed by atoms with Crippen LogP contribution in [-0.2, 0) is 6.42 Å². The zero-order valence-corrected chi connectivity index (χ0v) is 23.8. The Balaban J connectivity index is 1.21. The summed E-state index contributed by atoms with van der Waals surface area (Å²) in [6.07, 6.45) is 6.54. The third-order valence-corrected chi connectivity index (χ3v) is 12.2. The molecule has 4 aliphatic carbocycles. The predicted molar refractivity (Wildman–Crippen MR) is 148 cm³/mol. The molecule has 4 saturated carbocycles. The quantitative estimate of drug-likeness (QED) is 0.504. The summed E-state index contributed by atoms with van der Waals surface area (Å²) in [5, 5.41) is 34.0. The Hall–Kier alpha value is -1.96. The Bertz CT molecular complexity index is 1280. The Morgan fingerprint density at radius 1 is 1.10 bits per heavy atom. The van der Waals surface area contributed by atoms with E-state index in [1.165, 1.54) is 7.11 Å². The van der Waals surface area contributed by atoms with Gasteiger partial charge in [-0.1, -0.05) is 26.8 Å². The first-order chi connectivity index (χ1) is 18.6. The molecular weight excluding hydrogens is 494 g/mol. The molecule has 1 aromatic carbocycles. The van der Waals surface area contributed by atoms with Crippen molar-refractivity contribution in [2.45, 2.75) is 96.9 Å². The first kappa shape index (κ1) is 27.2. The standard InChI is InChI=1S/C32H45NO6/c1-17(8-11-27-33-23-6-5-7-25(38-4)29(23)30(37)39-27)20-9-10-21-28-22(16-26(36)32(20,21)3)31(2)13-12-19(34)14-18(31)15-24(28)35/h5-7,17-22,24,26,28,34-36H,8-16H2,1-4H3/t17-,18+,19-,20-,21+,22?,24-,26+,28+,31+,32-/m1/s1. The van der Waals surface area contributed by atoms with E-state index in [0.717, 1.165) is 51.4 Å². The molecule has 2 aromatic rings. The second-order valence-corrected chi connectivity index (χ2v) is 13.8. The fraction of sp³-hybridized carbons (Fsp3) is 0.750. The second kappa shape index (κ2) is 9.85. The Morgan fingerprint density at radius 2 is 1.90 bits per heavy atom. The van der Waals surface area contributed by atoms with E-state index >= 15 is 0 Å². The lowest BCUT2D eigenvalue weighted by Crippen LogP contribution is -2.62.